The number of carbonyl (C=O) groups is 2. The van der Waals surface area contributed by atoms with Crippen LogP contribution in [0.4, 0.5) is 0 Å². The first kappa shape index (κ1) is 16.1. The van der Waals surface area contributed by atoms with Gasteiger partial charge in [0.1, 0.15) is 6.29 Å². The van der Waals surface area contributed by atoms with Crippen LogP contribution in [0.25, 0.3) is 0 Å². The highest BCUT2D eigenvalue weighted by Gasteiger charge is 2.10. The topological polar surface area (TPSA) is 43.4 Å². The van der Waals surface area contributed by atoms with Crippen molar-refractivity contribution in [2.45, 2.75) is 64.7 Å². The first-order valence-electron chi connectivity index (χ1n) is 6.76. The molecule has 3 nitrogen and oxygen atoms in total. The molecule has 100 valence electrons. The second kappa shape index (κ2) is 11.6. The summed E-state index contributed by atoms with van der Waals surface area (Å²) < 4.78 is 4.56. The molecule has 0 N–H and O–H groups in total. The van der Waals surface area contributed by atoms with E-state index in [0.717, 1.165) is 19.1 Å². The van der Waals surface area contributed by atoms with Gasteiger partial charge in [-0.15, -0.1) is 0 Å². The van der Waals surface area contributed by atoms with Crippen molar-refractivity contribution < 1.29 is 14.3 Å². The van der Waals surface area contributed by atoms with E-state index in [0.29, 0.717) is 12.8 Å². The quantitative estimate of drug-likeness (QED) is 0.316. The first-order chi connectivity index (χ1) is 8.24. The van der Waals surface area contributed by atoms with Crippen molar-refractivity contribution in [1.29, 1.82) is 0 Å². The van der Waals surface area contributed by atoms with E-state index in [1.807, 2.05) is 0 Å². The summed E-state index contributed by atoms with van der Waals surface area (Å²) >= 11 is 0. The highest BCUT2D eigenvalue weighted by molar-refractivity contribution is 5.69. The minimum absolute atomic E-state index is 0.0280. The Bertz CT molecular complexity index is 202. The molecule has 0 aliphatic carbocycles. The molecule has 0 saturated heterocycles. The van der Waals surface area contributed by atoms with Crippen LogP contribution in [0.5, 0.6) is 0 Å². The Balaban J connectivity index is 3.47. The number of hydrogen-bond donors (Lipinski definition) is 0. The maximum absolute atomic E-state index is 10.9. The molecule has 0 amide bonds. The van der Waals surface area contributed by atoms with Crippen LogP contribution >= 0.6 is 0 Å². The van der Waals surface area contributed by atoms with Crippen molar-refractivity contribution >= 4 is 12.3 Å². The molecule has 0 radical (unpaired) electrons. The average molecular weight is 242 g/mol. The van der Waals surface area contributed by atoms with Gasteiger partial charge in [-0.2, -0.15) is 0 Å². The lowest BCUT2D eigenvalue weighted by Gasteiger charge is -2.08. The molecule has 0 bridgehead atoms. The third kappa shape index (κ3) is 10.0. The van der Waals surface area contributed by atoms with Gasteiger partial charge in [0.2, 0.25) is 0 Å². The summed E-state index contributed by atoms with van der Waals surface area (Å²) in [4.78, 5) is 21.8. The second-order valence-electron chi connectivity index (χ2n) is 4.57. The van der Waals surface area contributed by atoms with Gasteiger partial charge >= 0.3 is 5.97 Å². The third-order valence-electron chi connectivity index (χ3n) is 3.07. The number of hydrogen-bond acceptors (Lipinski definition) is 3. The SMILES string of the molecule is CCCCCCCCC(C=O)CCC(=O)OC. The van der Waals surface area contributed by atoms with Gasteiger partial charge in [0, 0.05) is 12.3 Å². The van der Waals surface area contributed by atoms with Crippen LogP contribution in [-0.2, 0) is 14.3 Å². The monoisotopic (exact) mass is 242 g/mol. The Morgan fingerprint density at radius 1 is 1.12 bits per heavy atom. The van der Waals surface area contributed by atoms with E-state index in [-0.39, 0.29) is 11.9 Å². The molecule has 3 heteroatoms. The standard InChI is InChI=1S/C14H26O3/c1-3-4-5-6-7-8-9-13(12-15)10-11-14(16)17-2/h12-13H,3-11H2,1-2H3. The number of rotatable bonds is 11. The lowest BCUT2D eigenvalue weighted by Crippen LogP contribution is -2.07. The molecule has 1 atom stereocenters. The van der Waals surface area contributed by atoms with Crippen LogP contribution < -0.4 is 0 Å². The molecule has 0 aliphatic heterocycles. The Morgan fingerprint density at radius 2 is 1.76 bits per heavy atom. The van der Waals surface area contributed by atoms with Crippen LogP contribution in [0.15, 0.2) is 0 Å². The first-order valence-corrected chi connectivity index (χ1v) is 6.76. The molecule has 0 aromatic carbocycles. The fraction of sp³-hybridized carbons (Fsp3) is 0.857. The minimum atomic E-state index is -0.222. The van der Waals surface area contributed by atoms with Crippen molar-refractivity contribution in [2.75, 3.05) is 7.11 Å². The molecule has 0 rings (SSSR count). The zero-order valence-electron chi connectivity index (χ0n) is 11.2. The van der Waals surface area contributed by atoms with Gasteiger partial charge in [0.15, 0.2) is 0 Å². The zero-order valence-corrected chi connectivity index (χ0v) is 11.2. The van der Waals surface area contributed by atoms with Gasteiger partial charge in [0.05, 0.1) is 7.11 Å². The van der Waals surface area contributed by atoms with E-state index >= 15 is 0 Å². The van der Waals surface area contributed by atoms with Crippen LogP contribution in [0.2, 0.25) is 0 Å². The molecule has 0 aromatic heterocycles. The number of aldehydes is 1. The largest absolute Gasteiger partial charge is 0.469 e. The Morgan fingerprint density at radius 3 is 2.35 bits per heavy atom. The number of methoxy groups -OCH3 is 1. The summed E-state index contributed by atoms with van der Waals surface area (Å²) in [6.07, 6.45) is 10.3. The lowest BCUT2D eigenvalue weighted by molar-refractivity contribution is -0.140. The smallest absolute Gasteiger partial charge is 0.305 e. The third-order valence-corrected chi connectivity index (χ3v) is 3.07. The molecule has 0 spiro atoms. The van der Waals surface area contributed by atoms with E-state index in [2.05, 4.69) is 11.7 Å². The van der Waals surface area contributed by atoms with Crippen molar-refractivity contribution in [2.24, 2.45) is 5.92 Å². The maximum Gasteiger partial charge on any atom is 0.305 e. The minimum Gasteiger partial charge on any atom is -0.469 e. The van der Waals surface area contributed by atoms with Gasteiger partial charge in [-0.1, -0.05) is 45.4 Å². The van der Waals surface area contributed by atoms with E-state index in [9.17, 15) is 9.59 Å². The molecular weight excluding hydrogens is 216 g/mol. The van der Waals surface area contributed by atoms with Gasteiger partial charge in [0.25, 0.3) is 0 Å². The fourth-order valence-corrected chi connectivity index (χ4v) is 1.87. The number of unbranched alkanes of at least 4 members (excludes halogenated alkanes) is 5. The molecule has 1 unspecified atom stereocenters. The normalized spacial score (nSPS) is 12.1. The molecular formula is C14H26O3. The lowest BCUT2D eigenvalue weighted by atomic mass is 9.97. The number of esters is 1. The molecule has 0 aliphatic rings. The Hall–Kier alpha value is -0.860. The summed E-state index contributed by atoms with van der Waals surface area (Å²) in [6, 6.07) is 0. The molecule has 0 fully saturated rings. The second-order valence-corrected chi connectivity index (χ2v) is 4.57. The molecule has 0 saturated carbocycles. The maximum atomic E-state index is 10.9. The Labute approximate surface area is 105 Å². The van der Waals surface area contributed by atoms with Gasteiger partial charge < -0.3 is 9.53 Å². The van der Waals surface area contributed by atoms with Crippen molar-refractivity contribution in [3.05, 3.63) is 0 Å². The van der Waals surface area contributed by atoms with Crippen LogP contribution in [0, 0.1) is 5.92 Å². The van der Waals surface area contributed by atoms with Gasteiger partial charge in [-0.3, -0.25) is 4.79 Å². The van der Waals surface area contributed by atoms with Crippen LogP contribution in [-0.4, -0.2) is 19.4 Å². The summed E-state index contributed by atoms with van der Waals surface area (Å²) in [5.74, 6) is -0.194. The highest BCUT2D eigenvalue weighted by atomic mass is 16.5. The number of ether oxygens (including phenoxy) is 1. The van der Waals surface area contributed by atoms with Crippen LogP contribution in [0.1, 0.15) is 64.7 Å². The van der Waals surface area contributed by atoms with E-state index < -0.39 is 0 Å². The van der Waals surface area contributed by atoms with E-state index in [1.54, 1.807) is 0 Å². The Kier molecular flexibility index (Phi) is 11.0. The van der Waals surface area contributed by atoms with Crippen molar-refractivity contribution in [1.82, 2.24) is 0 Å². The van der Waals surface area contributed by atoms with Crippen molar-refractivity contribution in [3.63, 3.8) is 0 Å². The zero-order chi connectivity index (χ0) is 12.9. The van der Waals surface area contributed by atoms with Crippen LogP contribution in [0.3, 0.4) is 0 Å². The highest BCUT2D eigenvalue weighted by Crippen LogP contribution is 2.15. The fourth-order valence-electron chi connectivity index (χ4n) is 1.87. The summed E-state index contributed by atoms with van der Waals surface area (Å²) in [5, 5.41) is 0. The van der Waals surface area contributed by atoms with Crippen molar-refractivity contribution in [3.8, 4) is 0 Å². The van der Waals surface area contributed by atoms with Gasteiger partial charge in [-0.05, 0) is 12.8 Å². The predicted molar refractivity (Wildman–Crippen MR) is 68.8 cm³/mol. The average Bonchev–Trinajstić information content (AvgIpc) is 2.36. The number of carbonyl (C=O) groups excluding carboxylic acids is 2. The van der Waals surface area contributed by atoms with E-state index in [1.165, 1.54) is 39.2 Å². The summed E-state index contributed by atoms with van der Waals surface area (Å²) in [7, 11) is 1.38. The van der Waals surface area contributed by atoms with Gasteiger partial charge in [-0.25, -0.2) is 0 Å². The predicted octanol–water partition coefficient (Wildman–Crippen LogP) is 3.51. The molecule has 0 aromatic rings. The summed E-state index contributed by atoms with van der Waals surface area (Å²) in [6.45, 7) is 2.20. The summed E-state index contributed by atoms with van der Waals surface area (Å²) in [5.41, 5.74) is 0. The molecule has 0 heterocycles. The van der Waals surface area contributed by atoms with E-state index in [4.69, 9.17) is 0 Å². The molecule has 17 heavy (non-hydrogen) atoms.